The number of nitrogens with zero attached hydrogens (tertiary/aromatic N) is 1. The Balaban J connectivity index is 1.91. The van der Waals surface area contributed by atoms with Gasteiger partial charge in [0.05, 0.1) is 11.6 Å². The van der Waals surface area contributed by atoms with Gasteiger partial charge in [-0.05, 0) is 25.3 Å². The summed E-state index contributed by atoms with van der Waals surface area (Å²) in [5, 5.41) is 13.7. The molecule has 2 aromatic rings. The van der Waals surface area contributed by atoms with Gasteiger partial charge >= 0.3 is 6.03 Å². The third kappa shape index (κ3) is 2.73. The highest BCUT2D eigenvalue weighted by Gasteiger charge is 2.32. The zero-order chi connectivity index (χ0) is 15.7. The van der Waals surface area contributed by atoms with E-state index in [0.717, 1.165) is 4.88 Å². The topological polar surface area (TPSA) is 96.3 Å². The van der Waals surface area contributed by atoms with E-state index < -0.39 is 6.04 Å². The first-order valence-electron chi connectivity index (χ1n) is 6.61. The number of aryl methyl sites for hydroxylation is 1. The normalized spacial score (nSPS) is 17.9. The number of hydrogen-bond donors (Lipinski definition) is 3. The molecule has 3 N–H and O–H groups in total. The number of thiophene rings is 1. The third-order valence-electron chi connectivity index (χ3n) is 3.21. The minimum atomic E-state index is -0.484. The van der Waals surface area contributed by atoms with Crippen LogP contribution in [0.4, 0.5) is 10.6 Å². The Morgan fingerprint density at radius 1 is 1.45 bits per heavy atom. The number of rotatable bonds is 3. The second-order valence-electron chi connectivity index (χ2n) is 4.86. The van der Waals surface area contributed by atoms with E-state index in [4.69, 9.17) is 4.52 Å². The number of anilines is 1. The van der Waals surface area contributed by atoms with Crippen LogP contribution >= 0.6 is 11.3 Å². The standard InChI is InChI=1S/C14H14N4O3S/c1-7-6-10(18-21-7)16-13(19)11-8(2)15-14(20)17-12(11)9-4-3-5-22-9/h3-6,12H,1-2H3,(H2,15,17,20)(H,16,18,19)/t12-/m0/s1. The van der Waals surface area contributed by atoms with Crippen molar-refractivity contribution in [3.8, 4) is 0 Å². The van der Waals surface area contributed by atoms with Gasteiger partial charge in [0.1, 0.15) is 5.76 Å². The van der Waals surface area contributed by atoms with Crippen LogP contribution < -0.4 is 16.0 Å². The van der Waals surface area contributed by atoms with E-state index in [1.165, 1.54) is 11.3 Å². The summed E-state index contributed by atoms with van der Waals surface area (Å²) in [7, 11) is 0. The quantitative estimate of drug-likeness (QED) is 0.809. The monoisotopic (exact) mass is 318 g/mol. The maximum absolute atomic E-state index is 12.6. The molecule has 3 heterocycles. The minimum absolute atomic E-state index is 0.329. The van der Waals surface area contributed by atoms with E-state index >= 15 is 0 Å². The van der Waals surface area contributed by atoms with Crippen LogP contribution in [0.5, 0.6) is 0 Å². The molecule has 0 spiro atoms. The van der Waals surface area contributed by atoms with E-state index in [1.54, 1.807) is 19.9 Å². The minimum Gasteiger partial charge on any atom is -0.360 e. The molecule has 0 saturated carbocycles. The Kier molecular flexibility index (Phi) is 3.68. The molecule has 3 rings (SSSR count). The summed E-state index contributed by atoms with van der Waals surface area (Å²) in [5.74, 6) is 0.604. The number of hydrogen-bond acceptors (Lipinski definition) is 5. The summed E-state index contributed by atoms with van der Waals surface area (Å²) in [5.41, 5.74) is 0.961. The van der Waals surface area contributed by atoms with Gasteiger partial charge in [0.2, 0.25) is 0 Å². The fourth-order valence-corrected chi connectivity index (χ4v) is 3.06. The Morgan fingerprint density at radius 2 is 2.27 bits per heavy atom. The lowest BCUT2D eigenvalue weighted by Crippen LogP contribution is -2.45. The molecule has 7 nitrogen and oxygen atoms in total. The van der Waals surface area contributed by atoms with Crippen molar-refractivity contribution < 1.29 is 14.1 Å². The number of amides is 3. The van der Waals surface area contributed by atoms with Crippen LogP contribution in [0.2, 0.25) is 0 Å². The lowest BCUT2D eigenvalue weighted by atomic mass is 10.0. The predicted molar refractivity (Wildman–Crippen MR) is 81.3 cm³/mol. The van der Waals surface area contributed by atoms with Crippen molar-refractivity contribution >= 4 is 29.1 Å². The van der Waals surface area contributed by atoms with E-state index in [1.807, 2.05) is 17.5 Å². The zero-order valence-electron chi connectivity index (χ0n) is 12.0. The van der Waals surface area contributed by atoms with E-state index in [-0.39, 0.29) is 11.9 Å². The Bertz CT molecular complexity index is 748. The molecule has 1 aliphatic heterocycles. The molecule has 0 saturated heterocycles. The lowest BCUT2D eigenvalue weighted by Gasteiger charge is -2.27. The van der Waals surface area contributed by atoms with Gasteiger partial charge in [0, 0.05) is 16.6 Å². The van der Waals surface area contributed by atoms with Crippen LogP contribution in [0, 0.1) is 6.92 Å². The summed E-state index contributed by atoms with van der Waals surface area (Å²) in [4.78, 5) is 25.1. The van der Waals surface area contributed by atoms with Crippen LogP contribution in [0.3, 0.4) is 0 Å². The molecular weight excluding hydrogens is 304 g/mol. The van der Waals surface area contributed by atoms with Crippen LogP contribution in [0.15, 0.2) is 39.4 Å². The van der Waals surface area contributed by atoms with Gasteiger partial charge in [-0.1, -0.05) is 11.2 Å². The van der Waals surface area contributed by atoms with Crippen molar-refractivity contribution in [2.45, 2.75) is 19.9 Å². The molecule has 0 radical (unpaired) electrons. The van der Waals surface area contributed by atoms with Gasteiger partial charge in [-0.25, -0.2) is 4.79 Å². The molecule has 0 aliphatic carbocycles. The Labute approximate surface area is 130 Å². The summed E-state index contributed by atoms with van der Waals surface area (Å²) in [6, 6.07) is 4.57. The molecule has 1 atom stereocenters. The van der Waals surface area contributed by atoms with Gasteiger partial charge in [-0.15, -0.1) is 11.3 Å². The number of urea groups is 1. The molecule has 2 aromatic heterocycles. The van der Waals surface area contributed by atoms with Crippen LogP contribution in [0.25, 0.3) is 0 Å². The maximum Gasteiger partial charge on any atom is 0.319 e. The molecule has 3 amide bonds. The SMILES string of the molecule is CC1=C(C(=O)Nc2cc(C)on2)[C@H](c2cccs2)NC(=O)N1. The van der Waals surface area contributed by atoms with Crippen molar-refractivity contribution in [3.63, 3.8) is 0 Å². The van der Waals surface area contributed by atoms with E-state index in [2.05, 4.69) is 21.1 Å². The molecular formula is C14H14N4O3S. The number of carbonyl (C=O) groups excluding carboxylic acids is 2. The van der Waals surface area contributed by atoms with Crippen molar-refractivity contribution in [3.05, 3.63) is 45.5 Å². The van der Waals surface area contributed by atoms with E-state index in [9.17, 15) is 9.59 Å². The van der Waals surface area contributed by atoms with Gasteiger partial charge in [0.15, 0.2) is 5.82 Å². The van der Waals surface area contributed by atoms with Gasteiger partial charge in [0.25, 0.3) is 5.91 Å². The summed E-state index contributed by atoms with van der Waals surface area (Å²) in [6.07, 6.45) is 0. The molecule has 8 heteroatoms. The number of allylic oxidation sites excluding steroid dienone is 1. The first kappa shape index (κ1) is 14.3. The number of nitrogens with one attached hydrogen (secondary N) is 3. The Morgan fingerprint density at radius 3 is 2.91 bits per heavy atom. The highest BCUT2D eigenvalue weighted by atomic mass is 32.1. The van der Waals surface area contributed by atoms with Crippen LogP contribution in [-0.4, -0.2) is 17.1 Å². The average molecular weight is 318 g/mol. The van der Waals surface area contributed by atoms with Crippen molar-refractivity contribution in [2.24, 2.45) is 0 Å². The first-order chi connectivity index (χ1) is 10.5. The summed E-state index contributed by atoms with van der Waals surface area (Å²) < 4.78 is 4.93. The second-order valence-corrected chi connectivity index (χ2v) is 5.84. The van der Waals surface area contributed by atoms with Crippen molar-refractivity contribution in [1.82, 2.24) is 15.8 Å². The summed E-state index contributed by atoms with van der Waals surface area (Å²) >= 11 is 1.47. The fourth-order valence-electron chi connectivity index (χ4n) is 2.27. The largest absolute Gasteiger partial charge is 0.360 e. The molecule has 22 heavy (non-hydrogen) atoms. The maximum atomic E-state index is 12.6. The highest BCUT2D eigenvalue weighted by Crippen LogP contribution is 2.30. The Hall–Kier alpha value is -2.61. The number of aromatic nitrogens is 1. The smallest absolute Gasteiger partial charge is 0.319 e. The van der Waals surface area contributed by atoms with Crippen LogP contribution in [0.1, 0.15) is 23.6 Å². The average Bonchev–Trinajstić information content (AvgIpc) is 3.09. The lowest BCUT2D eigenvalue weighted by molar-refractivity contribution is -0.113. The van der Waals surface area contributed by atoms with Gasteiger partial charge in [-0.2, -0.15) is 0 Å². The first-order valence-corrected chi connectivity index (χ1v) is 7.49. The number of carbonyl (C=O) groups is 2. The predicted octanol–water partition coefficient (Wildman–Crippen LogP) is 2.31. The van der Waals surface area contributed by atoms with Crippen molar-refractivity contribution in [1.29, 1.82) is 0 Å². The van der Waals surface area contributed by atoms with E-state index in [0.29, 0.717) is 22.8 Å². The molecule has 0 aromatic carbocycles. The fraction of sp³-hybridized carbons (Fsp3) is 0.214. The molecule has 114 valence electrons. The second kappa shape index (κ2) is 5.64. The highest BCUT2D eigenvalue weighted by molar-refractivity contribution is 7.10. The third-order valence-corrected chi connectivity index (χ3v) is 4.15. The van der Waals surface area contributed by atoms with Gasteiger partial charge in [-0.3, -0.25) is 4.79 Å². The molecule has 1 aliphatic rings. The van der Waals surface area contributed by atoms with Crippen molar-refractivity contribution in [2.75, 3.05) is 5.32 Å². The summed E-state index contributed by atoms with van der Waals surface area (Å²) in [6.45, 7) is 3.44. The molecule has 0 fully saturated rings. The molecule has 0 bridgehead atoms. The molecule has 0 unspecified atom stereocenters. The zero-order valence-corrected chi connectivity index (χ0v) is 12.8. The van der Waals surface area contributed by atoms with Gasteiger partial charge < -0.3 is 20.5 Å². The van der Waals surface area contributed by atoms with Crippen LogP contribution in [-0.2, 0) is 4.79 Å².